The highest BCUT2D eigenvalue weighted by atomic mass is 35.5. The van der Waals surface area contributed by atoms with E-state index in [0.29, 0.717) is 38.6 Å². The van der Waals surface area contributed by atoms with Gasteiger partial charge in [0.1, 0.15) is 0 Å². The van der Waals surface area contributed by atoms with E-state index in [4.69, 9.17) is 11.6 Å². The van der Waals surface area contributed by atoms with E-state index in [-0.39, 0.29) is 21.4 Å². The first kappa shape index (κ1) is 20.2. The van der Waals surface area contributed by atoms with E-state index in [0.717, 1.165) is 6.42 Å². The summed E-state index contributed by atoms with van der Waals surface area (Å²) < 4.78 is 27.1. The van der Waals surface area contributed by atoms with Crippen LogP contribution in [0, 0.1) is 5.92 Å². The second kappa shape index (κ2) is 8.49. The van der Waals surface area contributed by atoms with Crippen LogP contribution in [-0.4, -0.2) is 63.3 Å². The number of hydrogen-bond acceptors (Lipinski definition) is 4. The summed E-state index contributed by atoms with van der Waals surface area (Å²) in [7, 11) is -1.66. The van der Waals surface area contributed by atoms with E-state index in [1.807, 2.05) is 7.05 Å². The average Bonchev–Trinajstić information content (AvgIpc) is 2.55. The number of piperazine rings is 1. The summed E-state index contributed by atoms with van der Waals surface area (Å²) in [6.07, 6.45) is 0.850. The van der Waals surface area contributed by atoms with Crippen molar-refractivity contribution in [2.75, 3.05) is 39.8 Å². The van der Waals surface area contributed by atoms with Gasteiger partial charge in [-0.2, -0.15) is 4.31 Å². The highest BCUT2D eigenvalue weighted by Crippen LogP contribution is 2.23. The molecule has 140 valence electrons. The molecule has 0 spiro atoms. The van der Waals surface area contributed by atoms with Crippen LogP contribution in [0.4, 0.5) is 0 Å². The Morgan fingerprint density at radius 3 is 2.48 bits per heavy atom. The largest absolute Gasteiger partial charge is 0.352 e. The van der Waals surface area contributed by atoms with Gasteiger partial charge in [-0.05, 0) is 37.6 Å². The van der Waals surface area contributed by atoms with Gasteiger partial charge in [0.05, 0.1) is 15.5 Å². The molecule has 0 radical (unpaired) electrons. The fourth-order valence-corrected chi connectivity index (χ4v) is 4.24. The summed E-state index contributed by atoms with van der Waals surface area (Å²) in [5, 5.41) is 3.05. The standard InChI is InChI=1S/C17H26ClN3O3S/c1-13(2)6-7-19-17(22)15-12-14(4-5-16(15)18)25(23,24)21-10-8-20(3)9-11-21/h4-5,12-13H,6-11H2,1-3H3,(H,19,22). The molecule has 0 saturated carbocycles. The van der Waals surface area contributed by atoms with E-state index in [1.165, 1.54) is 22.5 Å². The second-order valence-corrected chi connectivity index (χ2v) is 9.13. The van der Waals surface area contributed by atoms with Crippen molar-refractivity contribution in [1.82, 2.24) is 14.5 Å². The number of benzene rings is 1. The first-order chi connectivity index (χ1) is 11.7. The van der Waals surface area contributed by atoms with E-state index in [1.54, 1.807) is 0 Å². The fraction of sp³-hybridized carbons (Fsp3) is 0.588. The maximum atomic E-state index is 12.8. The van der Waals surface area contributed by atoms with E-state index >= 15 is 0 Å². The lowest BCUT2D eigenvalue weighted by Crippen LogP contribution is -2.47. The number of sulfonamides is 1. The van der Waals surface area contributed by atoms with Gasteiger partial charge in [0.2, 0.25) is 10.0 Å². The van der Waals surface area contributed by atoms with Crippen LogP contribution in [0.2, 0.25) is 5.02 Å². The molecule has 1 heterocycles. The fourth-order valence-electron chi connectivity index (χ4n) is 2.59. The van der Waals surface area contributed by atoms with Gasteiger partial charge in [0.25, 0.3) is 5.91 Å². The van der Waals surface area contributed by atoms with E-state index < -0.39 is 10.0 Å². The minimum absolute atomic E-state index is 0.107. The van der Waals surface area contributed by atoms with Crippen LogP contribution in [-0.2, 0) is 10.0 Å². The monoisotopic (exact) mass is 387 g/mol. The number of nitrogens with one attached hydrogen (secondary N) is 1. The molecule has 1 aromatic carbocycles. The van der Waals surface area contributed by atoms with Crippen molar-refractivity contribution in [2.24, 2.45) is 5.92 Å². The lowest BCUT2D eigenvalue weighted by molar-refractivity contribution is 0.0952. The molecule has 0 bridgehead atoms. The molecule has 1 amide bonds. The normalized spacial score (nSPS) is 17.0. The van der Waals surface area contributed by atoms with Crippen LogP contribution in [0.1, 0.15) is 30.6 Å². The predicted octanol–water partition coefficient (Wildman–Crippen LogP) is 2.05. The van der Waals surface area contributed by atoms with Crippen molar-refractivity contribution >= 4 is 27.5 Å². The maximum Gasteiger partial charge on any atom is 0.252 e. The Labute approximate surface area is 155 Å². The van der Waals surface area contributed by atoms with Crippen molar-refractivity contribution in [3.8, 4) is 0 Å². The number of nitrogens with zero attached hydrogens (tertiary/aromatic N) is 2. The molecule has 2 rings (SSSR count). The predicted molar refractivity (Wildman–Crippen MR) is 99.5 cm³/mol. The molecule has 1 saturated heterocycles. The molecule has 1 N–H and O–H groups in total. The number of halogens is 1. The minimum atomic E-state index is -3.62. The van der Waals surface area contributed by atoms with Crippen molar-refractivity contribution in [3.63, 3.8) is 0 Å². The average molecular weight is 388 g/mol. The van der Waals surface area contributed by atoms with E-state index in [2.05, 4.69) is 24.1 Å². The molecule has 1 aliphatic heterocycles. The highest BCUT2D eigenvalue weighted by Gasteiger charge is 2.28. The smallest absolute Gasteiger partial charge is 0.252 e. The Kier molecular flexibility index (Phi) is 6.85. The van der Waals surface area contributed by atoms with Gasteiger partial charge in [-0.25, -0.2) is 8.42 Å². The Hall–Kier alpha value is -1.15. The van der Waals surface area contributed by atoms with Gasteiger partial charge in [-0.1, -0.05) is 25.4 Å². The molecule has 0 aromatic heterocycles. The first-order valence-corrected chi connectivity index (χ1v) is 10.3. The Morgan fingerprint density at radius 2 is 1.88 bits per heavy atom. The Balaban J connectivity index is 2.18. The number of carbonyl (C=O) groups excluding carboxylic acids is 1. The van der Waals surface area contributed by atoms with Crippen molar-refractivity contribution in [1.29, 1.82) is 0 Å². The summed E-state index contributed by atoms with van der Waals surface area (Å²) in [6, 6.07) is 4.31. The maximum absolute atomic E-state index is 12.8. The van der Waals surface area contributed by atoms with Crippen LogP contribution in [0.25, 0.3) is 0 Å². The Bertz CT molecular complexity index is 714. The molecule has 1 fully saturated rings. The second-order valence-electron chi connectivity index (χ2n) is 6.79. The quantitative estimate of drug-likeness (QED) is 0.811. The van der Waals surface area contributed by atoms with Crippen molar-refractivity contribution < 1.29 is 13.2 Å². The van der Waals surface area contributed by atoms with Crippen LogP contribution in [0.5, 0.6) is 0 Å². The zero-order valence-corrected chi connectivity index (χ0v) is 16.5. The van der Waals surface area contributed by atoms with Gasteiger partial charge in [-0.15, -0.1) is 0 Å². The topological polar surface area (TPSA) is 69.7 Å². The molecule has 1 aliphatic rings. The minimum Gasteiger partial charge on any atom is -0.352 e. The summed E-state index contributed by atoms with van der Waals surface area (Å²) in [5.41, 5.74) is 0.195. The lowest BCUT2D eigenvalue weighted by Gasteiger charge is -2.31. The van der Waals surface area contributed by atoms with Crippen LogP contribution in [0.3, 0.4) is 0 Å². The van der Waals surface area contributed by atoms with Gasteiger partial charge in [-0.3, -0.25) is 4.79 Å². The Morgan fingerprint density at radius 1 is 1.24 bits per heavy atom. The molecule has 1 aromatic rings. The van der Waals surface area contributed by atoms with Crippen LogP contribution < -0.4 is 5.32 Å². The zero-order valence-electron chi connectivity index (χ0n) is 15.0. The summed E-state index contributed by atoms with van der Waals surface area (Å²) in [4.78, 5) is 14.5. The van der Waals surface area contributed by atoms with Crippen molar-refractivity contribution in [2.45, 2.75) is 25.2 Å². The highest BCUT2D eigenvalue weighted by molar-refractivity contribution is 7.89. The molecule has 0 aliphatic carbocycles. The molecule has 0 atom stereocenters. The third kappa shape index (κ3) is 5.17. The number of rotatable bonds is 6. The van der Waals surface area contributed by atoms with Crippen LogP contribution >= 0.6 is 11.6 Å². The van der Waals surface area contributed by atoms with Gasteiger partial charge in [0, 0.05) is 32.7 Å². The molecule has 25 heavy (non-hydrogen) atoms. The number of hydrogen-bond donors (Lipinski definition) is 1. The molecule has 6 nitrogen and oxygen atoms in total. The molecule has 0 unspecified atom stereocenters. The third-order valence-corrected chi connectivity index (χ3v) is 6.51. The lowest BCUT2D eigenvalue weighted by atomic mass is 10.1. The van der Waals surface area contributed by atoms with Crippen molar-refractivity contribution in [3.05, 3.63) is 28.8 Å². The summed E-state index contributed by atoms with van der Waals surface area (Å²) >= 11 is 6.11. The van der Waals surface area contributed by atoms with E-state index in [9.17, 15) is 13.2 Å². The summed E-state index contributed by atoms with van der Waals surface area (Å²) in [6.45, 7) is 6.94. The molecular weight excluding hydrogens is 362 g/mol. The van der Waals surface area contributed by atoms with Gasteiger partial charge in [0.15, 0.2) is 0 Å². The molecule has 8 heteroatoms. The van der Waals surface area contributed by atoms with Gasteiger partial charge >= 0.3 is 0 Å². The summed E-state index contributed by atoms with van der Waals surface area (Å²) in [5.74, 6) is 0.126. The first-order valence-electron chi connectivity index (χ1n) is 8.48. The van der Waals surface area contributed by atoms with Crippen LogP contribution in [0.15, 0.2) is 23.1 Å². The number of likely N-dealkylation sites (N-methyl/N-ethyl adjacent to an activating group) is 1. The number of amides is 1. The number of carbonyl (C=O) groups is 1. The SMILES string of the molecule is CC(C)CCNC(=O)c1cc(S(=O)(=O)N2CCN(C)CC2)ccc1Cl. The van der Waals surface area contributed by atoms with Gasteiger partial charge < -0.3 is 10.2 Å². The molecular formula is C17H26ClN3O3S. The third-order valence-electron chi connectivity index (χ3n) is 4.29. The zero-order chi connectivity index (χ0) is 18.6.